The fraction of sp³-hybridized carbons (Fsp3) is 0.562. The maximum Gasteiger partial charge on any atom is 0.247 e. The number of hydrogen-bond donors (Lipinski definition) is 0. The number of likely N-dealkylation sites (tertiary alicyclic amines) is 1. The molecule has 1 amide bonds. The molecule has 3 nitrogen and oxygen atoms in total. The summed E-state index contributed by atoms with van der Waals surface area (Å²) in [5, 5.41) is 1.01. The highest BCUT2D eigenvalue weighted by atomic mass is 35.5. The monoisotopic (exact) mass is 362 g/mol. The predicted octanol–water partition coefficient (Wildman–Crippen LogP) is 4.40. The highest BCUT2D eigenvalue weighted by Gasteiger charge is 2.47. The molecular formula is C16H21Cl3N2O. The van der Waals surface area contributed by atoms with Crippen molar-refractivity contribution in [3.05, 3.63) is 28.2 Å². The number of benzene rings is 1. The average Bonchev–Trinajstić information content (AvgIpc) is 2.80. The summed E-state index contributed by atoms with van der Waals surface area (Å²) in [4.78, 5) is 17.1. The first-order chi connectivity index (χ1) is 10.0. The summed E-state index contributed by atoms with van der Waals surface area (Å²) >= 11 is 12.0. The average molecular weight is 364 g/mol. The summed E-state index contributed by atoms with van der Waals surface area (Å²) in [5.41, 5.74) is 0.474. The van der Waals surface area contributed by atoms with E-state index in [1.165, 1.54) is 19.3 Å². The summed E-state index contributed by atoms with van der Waals surface area (Å²) in [7, 11) is 0. The van der Waals surface area contributed by atoms with Crippen LogP contribution >= 0.6 is 35.6 Å². The number of rotatable bonds is 2. The minimum absolute atomic E-state index is 0. The fourth-order valence-corrected chi connectivity index (χ4v) is 3.70. The SMILES string of the molecule is CC1(N2CCCCC2)CCN(c2ccc(Cl)c(Cl)c2)C1=O.Cl. The van der Waals surface area contributed by atoms with Crippen LogP contribution in [0.5, 0.6) is 0 Å². The molecule has 6 heteroatoms. The molecule has 1 atom stereocenters. The number of piperidine rings is 1. The Morgan fingerprint density at radius 3 is 2.36 bits per heavy atom. The molecule has 2 aliphatic rings. The molecule has 1 unspecified atom stereocenters. The zero-order chi connectivity index (χ0) is 15.0. The van der Waals surface area contributed by atoms with Gasteiger partial charge in [0.2, 0.25) is 5.91 Å². The molecule has 2 heterocycles. The Morgan fingerprint density at radius 2 is 1.73 bits per heavy atom. The lowest BCUT2D eigenvalue weighted by molar-refractivity contribution is -0.127. The van der Waals surface area contributed by atoms with Gasteiger partial charge in [-0.2, -0.15) is 0 Å². The summed E-state index contributed by atoms with van der Waals surface area (Å²) in [5.74, 6) is 0.183. The van der Waals surface area contributed by atoms with E-state index in [2.05, 4.69) is 11.8 Å². The van der Waals surface area contributed by atoms with Crippen molar-refractivity contribution in [2.24, 2.45) is 0 Å². The number of anilines is 1. The Hall–Kier alpha value is -0.480. The van der Waals surface area contributed by atoms with Gasteiger partial charge in [0.05, 0.1) is 15.6 Å². The van der Waals surface area contributed by atoms with E-state index in [1.807, 2.05) is 11.0 Å². The third-order valence-corrected chi connectivity index (χ3v) is 5.54. The van der Waals surface area contributed by atoms with Crippen molar-refractivity contribution in [3.8, 4) is 0 Å². The largest absolute Gasteiger partial charge is 0.311 e. The number of carbonyl (C=O) groups is 1. The minimum Gasteiger partial charge on any atom is -0.311 e. The molecule has 1 aromatic carbocycles. The van der Waals surface area contributed by atoms with Crippen LogP contribution in [0.3, 0.4) is 0 Å². The Kier molecular flexibility index (Phi) is 5.65. The van der Waals surface area contributed by atoms with Gasteiger partial charge in [-0.15, -0.1) is 12.4 Å². The first-order valence-corrected chi connectivity index (χ1v) is 8.30. The Labute approximate surface area is 148 Å². The highest BCUT2D eigenvalue weighted by Crippen LogP contribution is 2.36. The third kappa shape index (κ3) is 3.09. The quantitative estimate of drug-likeness (QED) is 0.777. The van der Waals surface area contributed by atoms with Crippen LogP contribution in [0.15, 0.2) is 18.2 Å². The molecule has 22 heavy (non-hydrogen) atoms. The van der Waals surface area contributed by atoms with Gasteiger partial charge in [-0.3, -0.25) is 9.69 Å². The van der Waals surface area contributed by atoms with E-state index in [0.717, 1.165) is 31.7 Å². The molecule has 1 aromatic rings. The molecule has 2 saturated heterocycles. The zero-order valence-electron chi connectivity index (χ0n) is 12.6. The van der Waals surface area contributed by atoms with Crippen LogP contribution in [0.2, 0.25) is 10.0 Å². The van der Waals surface area contributed by atoms with Gasteiger partial charge in [-0.25, -0.2) is 0 Å². The van der Waals surface area contributed by atoms with Crippen LogP contribution in [0.25, 0.3) is 0 Å². The van der Waals surface area contributed by atoms with Crippen molar-refractivity contribution in [2.75, 3.05) is 24.5 Å². The van der Waals surface area contributed by atoms with Gasteiger partial charge in [-0.1, -0.05) is 29.6 Å². The standard InChI is InChI=1S/C16H20Cl2N2O.ClH/c1-16(19-8-3-2-4-9-19)7-10-20(15(16)21)12-5-6-13(17)14(18)11-12;/h5-6,11H,2-4,7-10H2,1H3;1H. The minimum atomic E-state index is -0.369. The van der Waals surface area contributed by atoms with Crippen molar-refractivity contribution in [1.29, 1.82) is 0 Å². The Balaban J connectivity index is 0.00000176. The Morgan fingerprint density at radius 1 is 1.05 bits per heavy atom. The van der Waals surface area contributed by atoms with Gasteiger partial charge in [0.1, 0.15) is 0 Å². The number of amides is 1. The van der Waals surface area contributed by atoms with Gasteiger partial charge in [0, 0.05) is 12.2 Å². The lowest BCUT2D eigenvalue weighted by atomic mass is 9.95. The molecular weight excluding hydrogens is 343 g/mol. The van der Waals surface area contributed by atoms with Crippen LogP contribution in [0.1, 0.15) is 32.6 Å². The van der Waals surface area contributed by atoms with Crippen molar-refractivity contribution in [2.45, 2.75) is 38.1 Å². The van der Waals surface area contributed by atoms with Crippen LogP contribution in [-0.4, -0.2) is 36.0 Å². The van der Waals surface area contributed by atoms with Crippen molar-refractivity contribution in [3.63, 3.8) is 0 Å². The molecule has 2 aliphatic heterocycles. The molecule has 0 N–H and O–H groups in total. The molecule has 0 aromatic heterocycles. The summed E-state index contributed by atoms with van der Waals surface area (Å²) in [6.07, 6.45) is 4.52. The molecule has 122 valence electrons. The normalized spacial score (nSPS) is 26.1. The van der Waals surface area contributed by atoms with Crippen molar-refractivity contribution in [1.82, 2.24) is 4.90 Å². The van der Waals surface area contributed by atoms with E-state index in [9.17, 15) is 4.79 Å². The topological polar surface area (TPSA) is 23.6 Å². The molecule has 0 radical (unpaired) electrons. The predicted molar refractivity (Wildman–Crippen MR) is 94.5 cm³/mol. The molecule has 0 aliphatic carbocycles. The van der Waals surface area contributed by atoms with Crippen LogP contribution < -0.4 is 4.90 Å². The second-order valence-electron chi connectivity index (χ2n) is 6.13. The van der Waals surface area contributed by atoms with E-state index in [0.29, 0.717) is 10.0 Å². The van der Waals surface area contributed by atoms with E-state index in [1.54, 1.807) is 12.1 Å². The molecule has 2 fully saturated rings. The van der Waals surface area contributed by atoms with Crippen LogP contribution in [0.4, 0.5) is 5.69 Å². The molecule has 0 saturated carbocycles. The van der Waals surface area contributed by atoms with Gasteiger partial charge in [-0.05, 0) is 57.5 Å². The van der Waals surface area contributed by atoms with E-state index in [-0.39, 0.29) is 23.9 Å². The lowest BCUT2D eigenvalue weighted by Gasteiger charge is -2.39. The molecule has 3 rings (SSSR count). The van der Waals surface area contributed by atoms with Crippen LogP contribution in [-0.2, 0) is 4.79 Å². The second kappa shape index (κ2) is 6.96. The Bertz CT molecular complexity index is 560. The van der Waals surface area contributed by atoms with Gasteiger partial charge in [0.25, 0.3) is 0 Å². The first-order valence-electron chi connectivity index (χ1n) is 7.54. The number of hydrogen-bond acceptors (Lipinski definition) is 2. The number of nitrogens with zero attached hydrogens (tertiary/aromatic N) is 2. The third-order valence-electron chi connectivity index (χ3n) is 4.80. The number of carbonyl (C=O) groups excluding carboxylic acids is 1. The maximum atomic E-state index is 12.9. The summed E-state index contributed by atoms with van der Waals surface area (Å²) in [6.45, 7) is 4.87. The maximum absolute atomic E-state index is 12.9. The van der Waals surface area contributed by atoms with Gasteiger partial charge >= 0.3 is 0 Å². The highest BCUT2D eigenvalue weighted by molar-refractivity contribution is 6.42. The molecule has 0 bridgehead atoms. The second-order valence-corrected chi connectivity index (χ2v) is 6.94. The zero-order valence-corrected chi connectivity index (χ0v) is 15.0. The van der Waals surface area contributed by atoms with E-state index >= 15 is 0 Å². The smallest absolute Gasteiger partial charge is 0.247 e. The van der Waals surface area contributed by atoms with Crippen molar-refractivity contribution >= 4 is 47.2 Å². The van der Waals surface area contributed by atoms with Gasteiger partial charge in [0.15, 0.2) is 0 Å². The van der Waals surface area contributed by atoms with Crippen molar-refractivity contribution < 1.29 is 4.79 Å². The summed E-state index contributed by atoms with van der Waals surface area (Å²) in [6, 6.07) is 5.40. The lowest BCUT2D eigenvalue weighted by Crippen LogP contribution is -2.54. The first kappa shape index (κ1) is 17.9. The van der Waals surface area contributed by atoms with Crippen LogP contribution in [0, 0.1) is 0 Å². The fourth-order valence-electron chi connectivity index (χ4n) is 3.41. The number of halogens is 3. The summed E-state index contributed by atoms with van der Waals surface area (Å²) < 4.78 is 0. The molecule has 0 spiro atoms. The van der Waals surface area contributed by atoms with E-state index < -0.39 is 0 Å². The van der Waals surface area contributed by atoms with E-state index in [4.69, 9.17) is 23.2 Å². The van der Waals surface area contributed by atoms with Gasteiger partial charge < -0.3 is 4.90 Å².